The van der Waals surface area contributed by atoms with Gasteiger partial charge in [-0.15, -0.1) is 0 Å². The van der Waals surface area contributed by atoms with E-state index >= 15 is 0 Å². The van der Waals surface area contributed by atoms with Crippen LogP contribution < -0.4 is 0 Å². The van der Waals surface area contributed by atoms with Crippen molar-refractivity contribution >= 4 is 11.8 Å². The quantitative estimate of drug-likeness (QED) is 0.0485. The monoisotopic (exact) mass is 697 g/mol. The van der Waals surface area contributed by atoms with Crippen molar-refractivity contribution in [2.24, 2.45) is 5.92 Å². The number of ether oxygens (including phenoxy) is 3. The first-order chi connectivity index (χ1) is 23.7. The van der Waals surface area contributed by atoms with Crippen molar-refractivity contribution in [3.05, 3.63) is 0 Å². The molecule has 0 aromatic heterocycles. The predicted molar refractivity (Wildman–Crippen MR) is 196 cm³/mol. The van der Waals surface area contributed by atoms with Crippen LogP contribution in [0.4, 0.5) is 0 Å². The minimum atomic E-state index is -0.490. The van der Waals surface area contributed by atoms with Crippen LogP contribution in [-0.4, -0.2) is 76.4 Å². The summed E-state index contributed by atoms with van der Waals surface area (Å²) in [7, 11) is 0. The highest BCUT2D eigenvalue weighted by Gasteiger charge is 2.40. The van der Waals surface area contributed by atoms with E-state index in [1.807, 2.05) is 0 Å². The van der Waals surface area contributed by atoms with Crippen LogP contribution in [0.3, 0.4) is 0 Å². The number of aliphatic hydroxyl groups excluding tert-OH is 3. The molecule has 0 aliphatic carbocycles. The maximum absolute atomic E-state index is 12.3. The number of aliphatic hydroxyl groups is 3. The third-order valence-electron chi connectivity index (χ3n) is 10.8. The average Bonchev–Trinajstić information content (AvgIpc) is 3.77. The molecule has 2 rings (SSSR count). The van der Waals surface area contributed by atoms with Crippen LogP contribution in [0.5, 0.6) is 0 Å². The average molecular weight is 697 g/mol. The predicted octanol–water partition coefficient (Wildman–Crippen LogP) is 8.92. The second-order valence-corrected chi connectivity index (χ2v) is 15.4. The molecule has 8 nitrogen and oxygen atoms in total. The minimum Gasteiger partial charge on any atom is -0.465 e. The number of carbonyl (C=O) groups is 2. The fourth-order valence-corrected chi connectivity index (χ4v) is 7.62. The summed E-state index contributed by atoms with van der Waals surface area (Å²) in [4.78, 5) is 23.9. The van der Waals surface area contributed by atoms with Gasteiger partial charge in [-0.1, -0.05) is 110 Å². The van der Waals surface area contributed by atoms with Gasteiger partial charge in [0.25, 0.3) is 0 Å². The Hall–Kier alpha value is -1.06. The molecule has 3 N–H and O–H groups in total. The Morgan fingerprint density at radius 1 is 0.592 bits per heavy atom. The number of hydrogen-bond donors (Lipinski definition) is 3. The first-order valence-electron chi connectivity index (χ1n) is 20.8. The van der Waals surface area contributed by atoms with Gasteiger partial charge in [0.05, 0.1) is 55.3 Å². The van der Waals surface area contributed by atoms with Crippen molar-refractivity contribution in [1.82, 2.24) is 0 Å². The zero-order valence-electron chi connectivity index (χ0n) is 31.8. The van der Waals surface area contributed by atoms with Gasteiger partial charge in [0.2, 0.25) is 0 Å². The van der Waals surface area contributed by atoms with Gasteiger partial charge in [-0.2, -0.15) is 0 Å². The summed E-state index contributed by atoms with van der Waals surface area (Å²) in [5.41, 5.74) is 0. The Bertz CT molecular complexity index is 836. The first kappa shape index (κ1) is 44.1. The fourth-order valence-electron chi connectivity index (χ4n) is 7.62. The number of carbonyl (C=O) groups excluding carboxylic acids is 2. The van der Waals surface area contributed by atoms with Crippen LogP contribution in [0.15, 0.2) is 0 Å². The van der Waals surface area contributed by atoms with Crippen molar-refractivity contribution in [1.29, 1.82) is 0 Å². The number of hydrogen-bond acceptors (Lipinski definition) is 8. The molecule has 0 bridgehead atoms. The van der Waals surface area contributed by atoms with Gasteiger partial charge in [-0.25, -0.2) is 0 Å². The molecule has 1 unspecified atom stereocenters. The highest BCUT2D eigenvalue weighted by atomic mass is 16.6. The summed E-state index contributed by atoms with van der Waals surface area (Å²) in [6, 6.07) is 0. The smallest absolute Gasteiger partial charge is 0.309 e. The molecule has 2 saturated heterocycles. The van der Waals surface area contributed by atoms with Gasteiger partial charge in [-0.05, 0) is 77.6 Å². The van der Waals surface area contributed by atoms with Gasteiger partial charge in [-0.3, -0.25) is 4.79 Å². The van der Waals surface area contributed by atoms with E-state index in [9.17, 15) is 24.9 Å². The minimum absolute atomic E-state index is 0.00349. The Morgan fingerprint density at radius 2 is 1.04 bits per heavy atom. The molecule has 0 radical (unpaired) electrons. The number of Topliss-reactive ketones (excluding diaryl/α,β-unsaturated/α-hetero) is 1. The molecular formula is C41H76O8. The lowest BCUT2D eigenvalue weighted by atomic mass is 9.95. The van der Waals surface area contributed by atoms with Crippen LogP contribution in [0.25, 0.3) is 0 Å². The maximum Gasteiger partial charge on any atom is 0.309 e. The van der Waals surface area contributed by atoms with Crippen molar-refractivity contribution in [2.75, 3.05) is 6.61 Å². The van der Waals surface area contributed by atoms with Crippen molar-refractivity contribution in [3.8, 4) is 0 Å². The largest absolute Gasteiger partial charge is 0.465 e. The lowest BCUT2D eigenvalue weighted by Gasteiger charge is -2.24. The van der Waals surface area contributed by atoms with Crippen LogP contribution in [0.1, 0.15) is 194 Å². The molecule has 0 spiro atoms. The SMILES string of the molecule is CCCCCC[C@H](O)CCC[C@H](O)[C@H]1CC[C@H]([C@H]2CC[C@H]([C@H](O)CCCCCCCCCCCCC(CC(C)=O)C(=O)OCCCC)O2)O1. The lowest BCUT2D eigenvalue weighted by molar-refractivity contribution is -0.150. The molecule has 0 saturated carbocycles. The molecule has 2 heterocycles. The molecule has 8 atom stereocenters. The van der Waals surface area contributed by atoms with Crippen LogP contribution in [0, 0.1) is 5.92 Å². The molecular weight excluding hydrogens is 620 g/mol. The molecule has 2 fully saturated rings. The van der Waals surface area contributed by atoms with Crippen molar-refractivity contribution in [2.45, 2.75) is 237 Å². The van der Waals surface area contributed by atoms with Crippen molar-refractivity contribution < 1.29 is 39.1 Å². The molecule has 49 heavy (non-hydrogen) atoms. The Labute approximate surface area is 299 Å². The number of rotatable bonds is 31. The van der Waals surface area contributed by atoms with Crippen molar-refractivity contribution in [3.63, 3.8) is 0 Å². The van der Waals surface area contributed by atoms with Crippen LogP contribution >= 0.6 is 0 Å². The van der Waals surface area contributed by atoms with Crippen LogP contribution in [0.2, 0.25) is 0 Å². The summed E-state index contributed by atoms with van der Waals surface area (Å²) < 4.78 is 17.9. The molecule has 8 heteroatoms. The Morgan fingerprint density at radius 3 is 1.57 bits per heavy atom. The zero-order valence-corrected chi connectivity index (χ0v) is 31.8. The second-order valence-electron chi connectivity index (χ2n) is 15.4. The summed E-state index contributed by atoms with van der Waals surface area (Å²) >= 11 is 0. The van der Waals surface area contributed by atoms with Gasteiger partial charge < -0.3 is 34.3 Å². The molecule has 2 aliphatic heterocycles. The summed E-state index contributed by atoms with van der Waals surface area (Å²) in [5.74, 6) is -0.427. The number of ketones is 1. The third kappa shape index (κ3) is 19.9. The lowest BCUT2D eigenvalue weighted by Crippen LogP contribution is -2.33. The van der Waals surface area contributed by atoms with E-state index in [1.54, 1.807) is 6.92 Å². The third-order valence-corrected chi connectivity index (χ3v) is 10.8. The number of esters is 1. The Kier molecular flexibility index (Phi) is 24.8. The molecule has 0 aromatic carbocycles. The zero-order chi connectivity index (χ0) is 35.7. The van der Waals surface area contributed by atoms with E-state index in [0.29, 0.717) is 19.4 Å². The topological polar surface area (TPSA) is 123 Å². The standard InChI is InChI=1S/C41H76O8/c1-4-6-8-18-22-34(43)23-20-25-36(45)38-27-29-40(49-38)39-28-26-37(48-39)35(44)24-19-16-14-12-10-9-11-13-15-17-21-33(31-32(3)42)41(46)47-30-7-5-2/h33-40,43-45H,4-31H2,1-3H3/t33?,34-,35+,36-,37+,38+,39+,40+/m0/s1. The molecule has 288 valence electrons. The summed E-state index contributed by atoms with van der Waals surface area (Å²) in [5, 5.41) is 31.7. The van der Waals surface area contributed by atoms with Gasteiger partial charge in [0, 0.05) is 6.42 Å². The molecule has 0 aromatic rings. The summed E-state index contributed by atoms with van der Waals surface area (Å²) in [6.45, 7) is 6.27. The highest BCUT2D eigenvalue weighted by molar-refractivity contribution is 5.82. The van der Waals surface area contributed by atoms with Gasteiger partial charge in [0.15, 0.2) is 0 Å². The highest BCUT2D eigenvalue weighted by Crippen LogP contribution is 2.34. The molecule has 0 amide bonds. The maximum atomic E-state index is 12.3. The molecule has 2 aliphatic rings. The Balaban J connectivity index is 1.45. The van der Waals surface area contributed by atoms with Gasteiger partial charge >= 0.3 is 5.97 Å². The van der Waals surface area contributed by atoms with E-state index in [-0.39, 0.29) is 48.2 Å². The summed E-state index contributed by atoms with van der Waals surface area (Å²) in [6.07, 6.45) is 25.1. The normalized spacial score (nSPS) is 23.4. The van der Waals surface area contributed by atoms with E-state index in [0.717, 1.165) is 103 Å². The van der Waals surface area contributed by atoms with Crippen LogP contribution in [-0.2, 0) is 23.8 Å². The van der Waals surface area contributed by atoms with E-state index in [2.05, 4.69) is 13.8 Å². The van der Waals surface area contributed by atoms with E-state index in [1.165, 1.54) is 57.8 Å². The first-order valence-corrected chi connectivity index (χ1v) is 20.8. The van der Waals surface area contributed by atoms with E-state index in [4.69, 9.17) is 14.2 Å². The van der Waals surface area contributed by atoms with Gasteiger partial charge in [0.1, 0.15) is 5.78 Å². The number of unbranched alkanes of at least 4 members (excludes halogenated alkanes) is 13. The fraction of sp³-hybridized carbons (Fsp3) is 0.951. The van der Waals surface area contributed by atoms with E-state index < -0.39 is 12.2 Å². The second kappa shape index (κ2) is 27.6.